The molecule has 1 nitrogen and oxygen atoms in total. The maximum atomic E-state index is 12.9. The monoisotopic (exact) mass is 353 g/mol. The topological polar surface area (TPSA) is 19.9 Å². The van der Waals surface area contributed by atoms with E-state index in [1.165, 1.54) is 6.92 Å². The molecule has 0 bridgehead atoms. The smallest absolute Gasteiger partial charge is 0.228 e. The number of alkyl halides is 9. The van der Waals surface area contributed by atoms with Gasteiger partial charge in [-0.05, 0) is 18.6 Å². The quantitative estimate of drug-likeness (QED) is 0.593. The molecule has 0 heterocycles. The SMILES string of the molecule is CCCC([O])c1c(C(F)(F)F)cc(C(F)(F)F)cc1C(F)(F)F. The molecule has 0 saturated heterocycles. The highest BCUT2D eigenvalue weighted by atomic mass is 19.4. The van der Waals surface area contributed by atoms with Crippen LogP contribution in [0.1, 0.15) is 48.1 Å². The minimum absolute atomic E-state index is 0.0240. The maximum Gasteiger partial charge on any atom is 0.416 e. The van der Waals surface area contributed by atoms with Gasteiger partial charge < -0.3 is 0 Å². The van der Waals surface area contributed by atoms with E-state index >= 15 is 0 Å². The number of benzene rings is 1. The normalized spacial score (nSPS) is 14.9. The fourth-order valence-corrected chi connectivity index (χ4v) is 2.04. The van der Waals surface area contributed by atoms with E-state index in [0.717, 1.165) is 0 Å². The van der Waals surface area contributed by atoms with E-state index < -0.39 is 65.4 Å². The lowest BCUT2D eigenvalue weighted by Crippen LogP contribution is -2.21. The molecule has 0 fully saturated rings. The van der Waals surface area contributed by atoms with Crippen molar-refractivity contribution < 1.29 is 44.6 Å². The Kier molecular flexibility index (Phi) is 5.30. The van der Waals surface area contributed by atoms with Crippen LogP contribution in [0.25, 0.3) is 0 Å². The van der Waals surface area contributed by atoms with Crippen LogP contribution in [0.4, 0.5) is 39.5 Å². The van der Waals surface area contributed by atoms with Crippen molar-refractivity contribution >= 4 is 0 Å². The molecule has 1 atom stereocenters. The zero-order chi connectivity index (χ0) is 18.2. The second-order valence-corrected chi connectivity index (χ2v) is 4.76. The summed E-state index contributed by atoms with van der Waals surface area (Å²) < 4.78 is 115. The average Bonchev–Trinajstić information content (AvgIpc) is 2.34. The molecule has 0 spiro atoms. The molecule has 1 unspecified atom stereocenters. The van der Waals surface area contributed by atoms with Crippen LogP contribution in [0.15, 0.2) is 12.1 Å². The summed E-state index contributed by atoms with van der Waals surface area (Å²) in [5.41, 5.74) is -8.20. The zero-order valence-electron chi connectivity index (χ0n) is 11.5. The van der Waals surface area contributed by atoms with Gasteiger partial charge in [0.15, 0.2) is 0 Å². The fraction of sp³-hybridized carbons (Fsp3) is 0.538. The Morgan fingerprint density at radius 2 is 1.22 bits per heavy atom. The molecule has 23 heavy (non-hydrogen) atoms. The molecule has 0 aliphatic rings. The molecule has 1 aromatic rings. The van der Waals surface area contributed by atoms with E-state index in [2.05, 4.69) is 0 Å². The van der Waals surface area contributed by atoms with Gasteiger partial charge in [0, 0.05) is 5.56 Å². The minimum atomic E-state index is -5.52. The summed E-state index contributed by atoms with van der Waals surface area (Å²) in [5.74, 6) is 0. The number of hydrogen-bond donors (Lipinski definition) is 0. The number of rotatable bonds is 3. The van der Waals surface area contributed by atoms with Crippen LogP contribution in [0.2, 0.25) is 0 Å². The predicted molar refractivity (Wildman–Crippen MR) is 59.8 cm³/mol. The van der Waals surface area contributed by atoms with Crippen molar-refractivity contribution in [3.8, 4) is 0 Å². The third-order valence-electron chi connectivity index (χ3n) is 2.99. The zero-order valence-corrected chi connectivity index (χ0v) is 11.5. The summed E-state index contributed by atoms with van der Waals surface area (Å²) in [6, 6.07) is -0.906. The van der Waals surface area contributed by atoms with Crippen LogP contribution in [-0.2, 0) is 23.6 Å². The number of halogens is 9. The van der Waals surface area contributed by atoms with E-state index in [-0.39, 0.29) is 6.42 Å². The maximum absolute atomic E-state index is 12.9. The molecule has 10 heteroatoms. The first-order valence-electron chi connectivity index (χ1n) is 6.25. The van der Waals surface area contributed by atoms with Gasteiger partial charge in [-0.3, -0.25) is 0 Å². The van der Waals surface area contributed by atoms with Crippen molar-refractivity contribution in [2.75, 3.05) is 0 Å². The summed E-state index contributed by atoms with van der Waals surface area (Å²) >= 11 is 0. The molecule has 0 amide bonds. The van der Waals surface area contributed by atoms with E-state index in [4.69, 9.17) is 0 Å². The summed E-state index contributed by atoms with van der Waals surface area (Å²) in [5, 5.41) is 11.7. The molecule has 1 radical (unpaired) electrons. The largest absolute Gasteiger partial charge is 0.416 e. The van der Waals surface area contributed by atoms with Crippen molar-refractivity contribution in [2.45, 2.75) is 44.4 Å². The van der Waals surface area contributed by atoms with Gasteiger partial charge in [-0.1, -0.05) is 13.3 Å². The molecule has 0 N–H and O–H groups in total. The Morgan fingerprint density at radius 3 is 1.48 bits per heavy atom. The first kappa shape index (κ1) is 19.6. The molecular weight excluding hydrogens is 343 g/mol. The van der Waals surface area contributed by atoms with E-state index in [9.17, 15) is 44.6 Å². The Bertz CT molecular complexity index is 519. The van der Waals surface area contributed by atoms with E-state index in [0.29, 0.717) is 0 Å². The van der Waals surface area contributed by atoms with Crippen molar-refractivity contribution in [1.29, 1.82) is 0 Å². The molecule has 1 aromatic carbocycles. The standard InChI is InChI=1S/C13H10F9O/c1-2-3-9(23)10-7(12(17,18)19)4-6(11(14,15)16)5-8(10)13(20,21)22/h4-5,9H,2-3H2,1H3. The Hall–Kier alpha value is -1.45. The molecule has 1 rings (SSSR count). The van der Waals surface area contributed by atoms with Crippen molar-refractivity contribution in [2.24, 2.45) is 0 Å². The van der Waals surface area contributed by atoms with Crippen LogP contribution < -0.4 is 0 Å². The average molecular weight is 353 g/mol. The lowest BCUT2D eigenvalue weighted by molar-refractivity contribution is -0.151. The summed E-state index contributed by atoms with van der Waals surface area (Å²) in [4.78, 5) is 0. The van der Waals surface area contributed by atoms with E-state index in [1.807, 2.05) is 0 Å². The summed E-state index contributed by atoms with van der Waals surface area (Å²) in [6.45, 7) is 1.36. The Balaban J connectivity index is 3.82. The van der Waals surface area contributed by atoms with Gasteiger partial charge >= 0.3 is 18.5 Å². The lowest BCUT2D eigenvalue weighted by Gasteiger charge is -2.23. The first-order valence-corrected chi connectivity index (χ1v) is 6.25. The molecule has 0 aliphatic carbocycles. The molecule has 0 aromatic heterocycles. The Morgan fingerprint density at radius 1 is 0.826 bits per heavy atom. The van der Waals surface area contributed by atoms with Crippen LogP contribution in [0.5, 0.6) is 0 Å². The van der Waals surface area contributed by atoms with Gasteiger partial charge in [-0.25, -0.2) is 5.11 Å². The van der Waals surface area contributed by atoms with Gasteiger partial charge in [0.1, 0.15) is 6.10 Å². The molecule has 0 saturated carbocycles. The van der Waals surface area contributed by atoms with Gasteiger partial charge in [0.05, 0.1) is 16.7 Å². The second kappa shape index (κ2) is 6.21. The fourth-order valence-electron chi connectivity index (χ4n) is 2.04. The molecular formula is C13H10F9O. The van der Waals surface area contributed by atoms with E-state index in [1.54, 1.807) is 0 Å². The van der Waals surface area contributed by atoms with Crippen LogP contribution in [0, 0.1) is 0 Å². The summed E-state index contributed by atoms with van der Waals surface area (Å²) in [7, 11) is 0. The van der Waals surface area contributed by atoms with Gasteiger partial charge in [-0.2, -0.15) is 39.5 Å². The molecule has 131 valence electrons. The van der Waals surface area contributed by atoms with Gasteiger partial charge in [0.25, 0.3) is 0 Å². The lowest BCUT2D eigenvalue weighted by atomic mass is 9.91. The predicted octanol–water partition coefficient (Wildman–Crippen LogP) is 6.01. The third-order valence-corrected chi connectivity index (χ3v) is 2.99. The highest BCUT2D eigenvalue weighted by Crippen LogP contribution is 2.46. The van der Waals surface area contributed by atoms with Crippen molar-refractivity contribution in [1.82, 2.24) is 0 Å². The van der Waals surface area contributed by atoms with Crippen molar-refractivity contribution in [3.63, 3.8) is 0 Å². The highest BCUT2D eigenvalue weighted by molar-refractivity contribution is 5.44. The number of hydrogen-bond acceptors (Lipinski definition) is 0. The second-order valence-electron chi connectivity index (χ2n) is 4.76. The van der Waals surface area contributed by atoms with Crippen LogP contribution in [0.3, 0.4) is 0 Å². The minimum Gasteiger partial charge on any atom is -0.228 e. The molecule has 0 aliphatic heterocycles. The van der Waals surface area contributed by atoms with Crippen LogP contribution >= 0.6 is 0 Å². The van der Waals surface area contributed by atoms with Crippen LogP contribution in [-0.4, -0.2) is 0 Å². The summed E-state index contributed by atoms with van der Waals surface area (Å²) in [6.07, 6.45) is -19.5. The van der Waals surface area contributed by atoms with Crippen molar-refractivity contribution in [3.05, 3.63) is 34.4 Å². The third kappa shape index (κ3) is 4.52. The first-order chi connectivity index (χ1) is 10.2. The Labute approximate surface area is 124 Å². The van der Waals surface area contributed by atoms with Gasteiger partial charge in [0.2, 0.25) is 0 Å². The van der Waals surface area contributed by atoms with Gasteiger partial charge in [-0.15, -0.1) is 0 Å². The highest BCUT2D eigenvalue weighted by Gasteiger charge is 2.46.